The average Bonchev–Trinajstić information content (AvgIpc) is 2.39. The normalized spacial score (nSPS) is 9.79. The molecule has 0 saturated carbocycles. The summed E-state index contributed by atoms with van der Waals surface area (Å²) in [7, 11) is 0. The minimum Gasteiger partial charge on any atom is -0.394 e. The second-order valence-electron chi connectivity index (χ2n) is 3.03. The number of benzene rings is 1. The molecule has 0 amide bonds. The van der Waals surface area contributed by atoms with Gasteiger partial charge in [0.1, 0.15) is 0 Å². The van der Waals surface area contributed by atoms with E-state index in [4.69, 9.17) is 34.4 Å². The summed E-state index contributed by atoms with van der Waals surface area (Å²) in [6, 6.07) is 5.62. The van der Waals surface area contributed by atoms with E-state index in [9.17, 15) is 3.74 Å². The number of nitrogen functional groups attached to an aromatic ring is 1. The molecule has 0 atom stereocenters. The fourth-order valence-electron chi connectivity index (χ4n) is 0.669. The molecular weight excluding hydrogens is 321 g/mol. The summed E-state index contributed by atoms with van der Waals surface area (Å²) in [5, 5.41) is 30.5. The minimum absolute atomic E-state index is 0.0531. The Bertz CT molecular complexity index is 343. The summed E-state index contributed by atoms with van der Waals surface area (Å²) in [4.78, 5) is 0. The van der Waals surface area contributed by atoms with Crippen molar-refractivity contribution in [1.82, 2.24) is 0 Å². The third-order valence-corrected chi connectivity index (χ3v) is 3.47. The molecule has 0 aromatic heterocycles. The van der Waals surface area contributed by atoms with Crippen molar-refractivity contribution >= 4 is 24.2 Å². The Hall–Kier alpha value is -0.862. The standard InChI is InChI=1S/C6H8AsNO3.2C2H6O2/c8-6-3-1-5(2-4-6)7(9,10)11;2*3-1-2-4/h1-4H,8H2,(H2,9,10,11);2*3-4H,1-2H2. The van der Waals surface area contributed by atoms with Crippen LogP contribution in [-0.2, 0) is 3.74 Å². The maximum Gasteiger partial charge on any atom is 0.0662 e. The maximum absolute atomic E-state index is 10.7. The van der Waals surface area contributed by atoms with Gasteiger partial charge in [-0.15, -0.1) is 0 Å². The monoisotopic (exact) mass is 341 g/mol. The van der Waals surface area contributed by atoms with Crippen molar-refractivity contribution in [1.29, 1.82) is 0 Å². The molecular formula is C10H20AsNO7. The number of hydrogen-bond donors (Lipinski definition) is 7. The van der Waals surface area contributed by atoms with Gasteiger partial charge >= 0.3 is 66.1 Å². The Balaban J connectivity index is 0. The Morgan fingerprint density at radius 1 is 0.842 bits per heavy atom. The average molecular weight is 341 g/mol. The zero-order valence-corrected chi connectivity index (χ0v) is 12.1. The molecule has 0 saturated heterocycles. The van der Waals surface area contributed by atoms with Gasteiger partial charge in [0.2, 0.25) is 0 Å². The second-order valence-corrected chi connectivity index (χ2v) is 6.40. The third kappa shape index (κ3) is 13.4. The molecule has 0 aliphatic carbocycles. The first-order valence-corrected chi connectivity index (χ1v) is 8.56. The smallest absolute Gasteiger partial charge is 0.0662 e. The van der Waals surface area contributed by atoms with Gasteiger partial charge in [-0.25, -0.2) is 0 Å². The van der Waals surface area contributed by atoms with Crippen LogP contribution in [0, 0.1) is 0 Å². The predicted octanol–water partition coefficient (Wildman–Crippen LogP) is -3.23. The molecule has 0 unspecified atom stereocenters. The van der Waals surface area contributed by atoms with E-state index in [0.717, 1.165) is 0 Å². The van der Waals surface area contributed by atoms with Gasteiger partial charge in [0.05, 0.1) is 26.4 Å². The van der Waals surface area contributed by atoms with E-state index < -0.39 is 14.2 Å². The van der Waals surface area contributed by atoms with Crippen molar-refractivity contribution in [2.75, 3.05) is 32.2 Å². The first-order chi connectivity index (χ1) is 8.83. The van der Waals surface area contributed by atoms with Crippen LogP contribution in [0.5, 0.6) is 0 Å². The summed E-state index contributed by atoms with van der Waals surface area (Å²) in [6.07, 6.45) is 0. The van der Waals surface area contributed by atoms with Crippen LogP contribution in [0.3, 0.4) is 0 Å². The quantitative estimate of drug-likeness (QED) is 0.223. The van der Waals surface area contributed by atoms with Crippen LogP contribution in [0.1, 0.15) is 0 Å². The Labute approximate surface area is 113 Å². The van der Waals surface area contributed by atoms with Crippen molar-refractivity contribution in [3.63, 3.8) is 0 Å². The molecule has 0 fully saturated rings. The number of rotatable bonds is 3. The molecule has 9 heteroatoms. The topological polar surface area (TPSA) is 164 Å². The van der Waals surface area contributed by atoms with E-state index in [1.165, 1.54) is 24.3 Å². The van der Waals surface area contributed by atoms with Crippen LogP contribution in [-0.4, -0.2) is 69.2 Å². The molecule has 8 N–H and O–H groups in total. The third-order valence-electron chi connectivity index (χ3n) is 1.43. The van der Waals surface area contributed by atoms with E-state index in [2.05, 4.69) is 0 Å². The van der Waals surface area contributed by atoms with Crippen molar-refractivity contribution < 1.29 is 32.4 Å². The van der Waals surface area contributed by atoms with E-state index >= 15 is 0 Å². The fraction of sp³-hybridized carbons (Fsp3) is 0.400. The summed E-state index contributed by atoms with van der Waals surface area (Å²) in [5.74, 6) is 0. The van der Waals surface area contributed by atoms with Gasteiger partial charge in [-0.05, 0) is 0 Å². The Morgan fingerprint density at radius 3 is 1.37 bits per heavy atom. The largest absolute Gasteiger partial charge is 0.394 e. The summed E-state index contributed by atoms with van der Waals surface area (Å²) < 4.78 is 28.1. The number of aliphatic hydroxyl groups is 4. The molecule has 0 radical (unpaired) electrons. The molecule has 0 spiro atoms. The van der Waals surface area contributed by atoms with Gasteiger partial charge in [0.25, 0.3) is 0 Å². The molecule has 0 heterocycles. The minimum atomic E-state index is -4.68. The van der Waals surface area contributed by atoms with Crippen LogP contribution in [0.2, 0.25) is 0 Å². The van der Waals surface area contributed by atoms with E-state index in [1.807, 2.05) is 0 Å². The molecule has 0 aliphatic heterocycles. The maximum atomic E-state index is 10.7. The van der Waals surface area contributed by atoms with Gasteiger partial charge in [0.15, 0.2) is 0 Å². The summed E-state index contributed by atoms with van der Waals surface area (Å²) in [6.45, 7) is -0.500. The van der Waals surface area contributed by atoms with Crippen molar-refractivity contribution in [3.8, 4) is 0 Å². The van der Waals surface area contributed by atoms with Crippen LogP contribution >= 0.6 is 0 Å². The van der Waals surface area contributed by atoms with Gasteiger partial charge in [-0.3, -0.25) is 0 Å². The number of nitrogens with two attached hydrogens (primary N) is 1. The summed E-state index contributed by atoms with van der Waals surface area (Å²) in [5.41, 5.74) is 5.82. The van der Waals surface area contributed by atoms with Gasteiger partial charge in [-0.1, -0.05) is 0 Å². The predicted molar refractivity (Wildman–Crippen MR) is 69.7 cm³/mol. The zero-order chi connectivity index (χ0) is 15.3. The van der Waals surface area contributed by atoms with Gasteiger partial charge in [-0.2, -0.15) is 0 Å². The SMILES string of the molecule is Nc1ccc([As](=O)(O)O)cc1.OCCO.OCCO. The van der Waals surface area contributed by atoms with Crippen molar-refractivity contribution in [3.05, 3.63) is 24.3 Å². The Kier molecular flexibility index (Phi) is 13.1. The molecule has 1 rings (SSSR count). The molecule has 19 heavy (non-hydrogen) atoms. The molecule has 112 valence electrons. The second kappa shape index (κ2) is 12.2. The Morgan fingerprint density at radius 2 is 1.16 bits per heavy atom. The van der Waals surface area contributed by atoms with Crippen molar-refractivity contribution in [2.45, 2.75) is 0 Å². The van der Waals surface area contributed by atoms with Crippen LogP contribution in [0.4, 0.5) is 5.69 Å². The van der Waals surface area contributed by atoms with Crippen LogP contribution in [0.15, 0.2) is 24.3 Å². The molecule has 0 aliphatic rings. The molecule has 8 nitrogen and oxygen atoms in total. The number of anilines is 1. The first kappa shape index (κ1) is 20.5. The zero-order valence-electron chi connectivity index (χ0n) is 10.3. The number of aliphatic hydroxyl groups excluding tert-OH is 4. The first-order valence-electron chi connectivity index (χ1n) is 5.18. The van der Waals surface area contributed by atoms with Crippen molar-refractivity contribution in [2.24, 2.45) is 0 Å². The van der Waals surface area contributed by atoms with E-state index in [0.29, 0.717) is 5.69 Å². The summed E-state index contributed by atoms with van der Waals surface area (Å²) >= 11 is -4.68. The number of hydrogen-bond acceptors (Lipinski definition) is 6. The van der Waals surface area contributed by atoms with E-state index in [-0.39, 0.29) is 30.8 Å². The van der Waals surface area contributed by atoms with E-state index in [1.54, 1.807) is 0 Å². The van der Waals surface area contributed by atoms with Gasteiger partial charge < -0.3 is 20.4 Å². The molecule has 1 aromatic carbocycles. The van der Waals surface area contributed by atoms with Gasteiger partial charge in [0, 0.05) is 0 Å². The van der Waals surface area contributed by atoms with Crippen LogP contribution in [0.25, 0.3) is 0 Å². The molecule has 0 bridgehead atoms. The molecule has 1 aromatic rings. The van der Waals surface area contributed by atoms with Crippen LogP contribution < -0.4 is 10.1 Å². The fourth-order valence-corrected chi connectivity index (χ4v) is 1.80.